The van der Waals surface area contributed by atoms with Crippen LogP contribution in [0.1, 0.15) is 30.9 Å². The SMILES string of the molecule is CCCCNC(=O)C(Cc1ccccc1)N(Cc1c(Cl)cccc1Cl)C(=O)CN(c1cc([N+](=O)[O-])ccc1OC)S(C)(=O)=O. The van der Waals surface area contributed by atoms with Crippen LogP contribution in [0.2, 0.25) is 10.0 Å². The summed E-state index contributed by atoms with van der Waals surface area (Å²) in [6.45, 7) is 1.33. The minimum Gasteiger partial charge on any atom is -0.495 e. The van der Waals surface area contributed by atoms with Crippen LogP contribution in [-0.4, -0.2) is 62.6 Å². The van der Waals surface area contributed by atoms with E-state index in [0.29, 0.717) is 18.5 Å². The molecule has 0 fully saturated rings. The Kier molecular flexibility index (Phi) is 12.4. The Morgan fingerprint density at radius 3 is 2.27 bits per heavy atom. The van der Waals surface area contributed by atoms with Crippen LogP contribution in [0.4, 0.5) is 11.4 Å². The van der Waals surface area contributed by atoms with Crippen LogP contribution in [0.3, 0.4) is 0 Å². The molecule has 0 aromatic heterocycles. The fourth-order valence-electron chi connectivity index (χ4n) is 4.50. The molecule has 2 amide bonds. The standard InChI is InChI=1S/C30H34Cl2N4O7S/c1-4-5-16-33-30(38)27(17-21-10-7-6-8-11-21)34(19-23-24(31)12-9-13-25(23)32)29(37)20-35(44(3,41)42)26-18-22(36(39)40)14-15-28(26)43-2/h6-15,18,27H,4-5,16-17,19-20H2,1-3H3,(H,33,38). The first-order valence-corrected chi connectivity index (χ1v) is 16.3. The van der Waals surface area contributed by atoms with Gasteiger partial charge in [0.1, 0.15) is 24.0 Å². The molecule has 0 aliphatic carbocycles. The van der Waals surface area contributed by atoms with E-state index in [2.05, 4.69) is 5.32 Å². The molecular weight excluding hydrogens is 631 g/mol. The molecule has 3 aromatic carbocycles. The number of nitrogens with one attached hydrogen (secondary N) is 1. The first kappa shape index (κ1) is 34.6. The molecule has 0 spiro atoms. The smallest absolute Gasteiger partial charge is 0.271 e. The van der Waals surface area contributed by atoms with E-state index < -0.39 is 45.0 Å². The zero-order chi connectivity index (χ0) is 32.4. The molecule has 0 radical (unpaired) electrons. The normalized spacial score (nSPS) is 11.8. The number of benzene rings is 3. The number of ether oxygens (including phenoxy) is 1. The zero-order valence-electron chi connectivity index (χ0n) is 24.5. The van der Waals surface area contributed by atoms with Gasteiger partial charge in [0, 0.05) is 47.3 Å². The molecule has 0 saturated carbocycles. The quantitative estimate of drug-likeness (QED) is 0.133. The second-order valence-electron chi connectivity index (χ2n) is 9.95. The van der Waals surface area contributed by atoms with Crippen LogP contribution < -0.4 is 14.4 Å². The molecule has 14 heteroatoms. The highest BCUT2D eigenvalue weighted by molar-refractivity contribution is 7.92. The fraction of sp³-hybridized carbons (Fsp3) is 0.333. The van der Waals surface area contributed by atoms with Crippen LogP contribution in [0.5, 0.6) is 5.75 Å². The van der Waals surface area contributed by atoms with Gasteiger partial charge in [-0.2, -0.15) is 0 Å². The number of hydrogen-bond donors (Lipinski definition) is 1. The van der Waals surface area contributed by atoms with Crippen molar-refractivity contribution in [1.29, 1.82) is 0 Å². The summed E-state index contributed by atoms with van der Waals surface area (Å²) in [6.07, 6.45) is 2.51. The van der Waals surface area contributed by atoms with Gasteiger partial charge in [-0.15, -0.1) is 0 Å². The summed E-state index contributed by atoms with van der Waals surface area (Å²) < 4.78 is 32.2. The zero-order valence-corrected chi connectivity index (χ0v) is 26.9. The summed E-state index contributed by atoms with van der Waals surface area (Å²) in [6, 6.07) is 16.2. The average molecular weight is 666 g/mol. The van der Waals surface area contributed by atoms with E-state index in [1.807, 2.05) is 25.1 Å². The molecule has 11 nitrogen and oxygen atoms in total. The van der Waals surface area contributed by atoms with Gasteiger partial charge in [0.15, 0.2) is 0 Å². The van der Waals surface area contributed by atoms with Crippen molar-refractivity contribution < 1.29 is 27.7 Å². The Morgan fingerprint density at radius 2 is 1.70 bits per heavy atom. The van der Waals surface area contributed by atoms with Gasteiger partial charge >= 0.3 is 0 Å². The Bertz CT molecular complexity index is 1570. The predicted octanol–water partition coefficient (Wildman–Crippen LogP) is 5.23. The maximum absolute atomic E-state index is 14.3. The van der Waals surface area contributed by atoms with Crippen molar-refractivity contribution in [2.45, 2.75) is 38.8 Å². The van der Waals surface area contributed by atoms with Gasteiger partial charge in [0.25, 0.3) is 5.69 Å². The van der Waals surface area contributed by atoms with Crippen molar-refractivity contribution in [1.82, 2.24) is 10.2 Å². The van der Waals surface area contributed by atoms with Crippen molar-refractivity contribution in [2.75, 3.05) is 30.8 Å². The van der Waals surface area contributed by atoms with E-state index in [1.54, 1.807) is 30.3 Å². The number of sulfonamides is 1. The number of carbonyl (C=O) groups excluding carboxylic acids is 2. The van der Waals surface area contributed by atoms with Gasteiger partial charge in [0.2, 0.25) is 21.8 Å². The number of carbonyl (C=O) groups is 2. The number of nitrogens with zero attached hydrogens (tertiary/aromatic N) is 3. The lowest BCUT2D eigenvalue weighted by atomic mass is 10.0. The van der Waals surface area contributed by atoms with E-state index in [4.69, 9.17) is 27.9 Å². The first-order valence-electron chi connectivity index (χ1n) is 13.7. The van der Waals surface area contributed by atoms with Crippen molar-refractivity contribution in [3.63, 3.8) is 0 Å². The third kappa shape index (κ3) is 9.07. The lowest BCUT2D eigenvalue weighted by Crippen LogP contribution is -2.53. The van der Waals surface area contributed by atoms with Crippen molar-refractivity contribution >= 4 is 56.4 Å². The van der Waals surface area contributed by atoms with Gasteiger partial charge in [-0.1, -0.05) is 72.9 Å². The lowest BCUT2D eigenvalue weighted by molar-refractivity contribution is -0.384. The Hall–Kier alpha value is -3.87. The molecule has 0 aliphatic heterocycles. The second kappa shape index (κ2) is 15.7. The number of methoxy groups -OCH3 is 1. The summed E-state index contributed by atoms with van der Waals surface area (Å²) in [5, 5.41) is 14.9. The van der Waals surface area contributed by atoms with E-state index in [1.165, 1.54) is 18.1 Å². The van der Waals surface area contributed by atoms with Gasteiger partial charge in [-0.25, -0.2) is 8.42 Å². The van der Waals surface area contributed by atoms with E-state index in [-0.39, 0.29) is 34.4 Å². The minimum absolute atomic E-state index is 0.00679. The molecule has 1 atom stereocenters. The van der Waals surface area contributed by atoms with Crippen molar-refractivity contribution in [3.8, 4) is 5.75 Å². The molecular formula is C30H34Cl2N4O7S. The van der Waals surface area contributed by atoms with Crippen molar-refractivity contribution in [2.24, 2.45) is 0 Å². The minimum atomic E-state index is -4.20. The van der Waals surface area contributed by atoms with Gasteiger partial charge in [0.05, 0.1) is 18.3 Å². The van der Waals surface area contributed by atoms with Crippen LogP contribution >= 0.6 is 23.2 Å². The highest BCUT2D eigenvalue weighted by Gasteiger charge is 2.34. The topological polar surface area (TPSA) is 139 Å². The number of anilines is 1. The largest absolute Gasteiger partial charge is 0.495 e. The first-order chi connectivity index (χ1) is 20.9. The van der Waals surface area contributed by atoms with Gasteiger partial charge < -0.3 is 15.0 Å². The second-order valence-corrected chi connectivity index (χ2v) is 12.7. The van der Waals surface area contributed by atoms with E-state index in [0.717, 1.165) is 34.7 Å². The molecule has 236 valence electrons. The average Bonchev–Trinajstić information content (AvgIpc) is 2.98. The molecule has 44 heavy (non-hydrogen) atoms. The number of nitro benzene ring substituents is 1. The van der Waals surface area contributed by atoms with Crippen LogP contribution in [-0.2, 0) is 32.6 Å². The van der Waals surface area contributed by atoms with Gasteiger partial charge in [-0.05, 0) is 30.2 Å². The van der Waals surface area contributed by atoms with Crippen LogP contribution in [0.25, 0.3) is 0 Å². The van der Waals surface area contributed by atoms with Crippen LogP contribution in [0.15, 0.2) is 66.7 Å². The molecule has 0 aliphatic rings. The monoisotopic (exact) mass is 664 g/mol. The number of hydrogen-bond acceptors (Lipinski definition) is 7. The molecule has 0 saturated heterocycles. The highest BCUT2D eigenvalue weighted by Crippen LogP contribution is 2.34. The molecule has 3 aromatic rings. The summed E-state index contributed by atoms with van der Waals surface area (Å²) in [4.78, 5) is 40.0. The predicted molar refractivity (Wildman–Crippen MR) is 171 cm³/mol. The van der Waals surface area contributed by atoms with E-state index >= 15 is 0 Å². The number of nitro groups is 1. The number of non-ortho nitro benzene ring substituents is 1. The van der Waals surface area contributed by atoms with Crippen molar-refractivity contribution in [3.05, 3.63) is 98.0 Å². The number of amides is 2. The van der Waals surface area contributed by atoms with E-state index in [9.17, 15) is 28.1 Å². The maximum atomic E-state index is 14.3. The number of unbranched alkanes of at least 4 members (excludes halogenated alkanes) is 1. The molecule has 1 N–H and O–H groups in total. The summed E-state index contributed by atoms with van der Waals surface area (Å²) in [5.74, 6) is -1.23. The molecule has 0 heterocycles. The van der Waals surface area contributed by atoms with Gasteiger partial charge in [-0.3, -0.25) is 24.0 Å². The van der Waals surface area contributed by atoms with Crippen LogP contribution in [0, 0.1) is 10.1 Å². The number of rotatable bonds is 15. The summed E-state index contributed by atoms with van der Waals surface area (Å²) in [7, 11) is -2.93. The third-order valence-corrected chi connectivity index (χ3v) is 8.65. The number of halogens is 2. The summed E-state index contributed by atoms with van der Waals surface area (Å²) in [5.41, 5.74) is 0.508. The highest BCUT2D eigenvalue weighted by atomic mass is 35.5. The molecule has 0 bridgehead atoms. The molecule has 3 rings (SSSR count). The summed E-state index contributed by atoms with van der Waals surface area (Å²) >= 11 is 13.0. The Labute approximate surface area is 266 Å². The molecule has 1 unspecified atom stereocenters. The third-order valence-electron chi connectivity index (χ3n) is 6.81. The Balaban J connectivity index is 2.15. The maximum Gasteiger partial charge on any atom is 0.271 e. The Morgan fingerprint density at radius 1 is 1.05 bits per heavy atom. The fourth-order valence-corrected chi connectivity index (χ4v) is 5.86. The lowest BCUT2D eigenvalue weighted by Gasteiger charge is -2.34.